The van der Waals surface area contributed by atoms with Crippen LogP contribution in [0.15, 0.2) is 23.4 Å². The third-order valence-corrected chi connectivity index (χ3v) is 4.56. The summed E-state index contributed by atoms with van der Waals surface area (Å²) in [6.07, 6.45) is 9.99. The van der Waals surface area contributed by atoms with Gasteiger partial charge in [0.1, 0.15) is 6.33 Å². The van der Waals surface area contributed by atoms with Gasteiger partial charge in [-0.05, 0) is 32.1 Å². The number of thiazole rings is 1. The zero-order chi connectivity index (χ0) is 15.2. The van der Waals surface area contributed by atoms with Crippen molar-refractivity contribution in [1.29, 1.82) is 0 Å². The number of hydrogen-bond acceptors (Lipinski definition) is 5. The predicted molar refractivity (Wildman–Crippen MR) is 85.4 cm³/mol. The number of carbonyl (C=O) groups is 1. The largest absolute Gasteiger partial charge is 0.355 e. The number of rotatable bonds is 6. The number of carbonyl (C=O) groups excluding carboxylic acids is 1. The van der Waals surface area contributed by atoms with Crippen molar-refractivity contribution < 1.29 is 4.79 Å². The van der Waals surface area contributed by atoms with Gasteiger partial charge in [-0.25, -0.2) is 9.97 Å². The zero-order valence-electron chi connectivity index (χ0n) is 12.3. The number of amides is 1. The van der Waals surface area contributed by atoms with Crippen molar-refractivity contribution in [2.75, 3.05) is 6.54 Å². The van der Waals surface area contributed by atoms with Crippen LogP contribution in [0, 0.1) is 0 Å². The van der Waals surface area contributed by atoms with Crippen molar-refractivity contribution in [3.63, 3.8) is 0 Å². The number of aromatic amines is 1. The number of allylic oxidation sites excluding steroid dienone is 1. The molecule has 0 fully saturated rings. The van der Waals surface area contributed by atoms with Crippen LogP contribution in [0.25, 0.3) is 10.8 Å². The monoisotopic (exact) mass is 317 g/mol. The predicted octanol–water partition coefficient (Wildman–Crippen LogP) is 2.48. The molecule has 22 heavy (non-hydrogen) atoms. The zero-order valence-corrected chi connectivity index (χ0v) is 13.2. The Bertz CT molecular complexity index is 647. The molecule has 0 saturated heterocycles. The van der Waals surface area contributed by atoms with Gasteiger partial charge in [-0.3, -0.25) is 9.89 Å². The van der Waals surface area contributed by atoms with Crippen LogP contribution in [-0.2, 0) is 11.2 Å². The molecule has 7 heteroatoms. The van der Waals surface area contributed by atoms with Crippen LogP contribution < -0.4 is 5.32 Å². The van der Waals surface area contributed by atoms with Gasteiger partial charge in [0.15, 0.2) is 10.8 Å². The van der Waals surface area contributed by atoms with E-state index in [0.717, 1.165) is 17.1 Å². The van der Waals surface area contributed by atoms with Gasteiger partial charge in [0, 0.05) is 11.9 Å². The highest BCUT2D eigenvalue weighted by molar-refractivity contribution is 7.13. The first-order valence-corrected chi connectivity index (χ1v) is 8.44. The van der Waals surface area contributed by atoms with Crippen molar-refractivity contribution in [2.45, 2.75) is 38.5 Å². The number of nitrogens with one attached hydrogen (secondary N) is 2. The molecular formula is C15H19N5OS. The lowest BCUT2D eigenvalue weighted by molar-refractivity contribution is -0.120. The van der Waals surface area contributed by atoms with Crippen LogP contribution in [0.3, 0.4) is 0 Å². The summed E-state index contributed by atoms with van der Waals surface area (Å²) in [6, 6.07) is 0. The first-order valence-electron chi connectivity index (χ1n) is 7.56. The smallest absolute Gasteiger partial charge is 0.226 e. The Kier molecular flexibility index (Phi) is 4.95. The molecular weight excluding hydrogens is 298 g/mol. The van der Waals surface area contributed by atoms with Gasteiger partial charge in [-0.2, -0.15) is 5.10 Å². The Morgan fingerprint density at radius 1 is 1.41 bits per heavy atom. The molecule has 3 rings (SSSR count). The average Bonchev–Trinajstić information content (AvgIpc) is 3.19. The Labute approximate surface area is 133 Å². The van der Waals surface area contributed by atoms with Crippen molar-refractivity contribution in [1.82, 2.24) is 25.5 Å². The highest BCUT2D eigenvalue weighted by atomic mass is 32.1. The summed E-state index contributed by atoms with van der Waals surface area (Å²) >= 11 is 1.46. The summed E-state index contributed by atoms with van der Waals surface area (Å²) in [5.74, 6) is 0.659. The van der Waals surface area contributed by atoms with Crippen molar-refractivity contribution >= 4 is 17.2 Å². The molecule has 1 amide bonds. The van der Waals surface area contributed by atoms with E-state index in [1.165, 1.54) is 48.9 Å². The van der Waals surface area contributed by atoms with Gasteiger partial charge in [0.05, 0.1) is 12.1 Å². The fraction of sp³-hybridized carbons (Fsp3) is 0.467. The summed E-state index contributed by atoms with van der Waals surface area (Å²) in [5.41, 5.74) is 2.25. The van der Waals surface area contributed by atoms with E-state index in [0.29, 0.717) is 18.8 Å². The molecule has 6 nitrogen and oxygen atoms in total. The average molecular weight is 317 g/mol. The minimum absolute atomic E-state index is 0.0193. The molecule has 0 unspecified atom stereocenters. The highest BCUT2D eigenvalue weighted by Gasteiger charge is 2.11. The minimum Gasteiger partial charge on any atom is -0.355 e. The van der Waals surface area contributed by atoms with Gasteiger partial charge in [0.25, 0.3) is 0 Å². The molecule has 116 valence electrons. The molecule has 2 aromatic heterocycles. The number of hydrogen-bond donors (Lipinski definition) is 2. The molecule has 0 aliphatic heterocycles. The molecule has 2 N–H and O–H groups in total. The van der Waals surface area contributed by atoms with Crippen molar-refractivity contribution in [2.24, 2.45) is 0 Å². The van der Waals surface area contributed by atoms with Crippen LogP contribution in [-0.4, -0.2) is 32.6 Å². The van der Waals surface area contributed by atoms with Gasteiger partial charge in [-0.1, -0.05) is 11.6 Å². The molecule has 1 aliphatic rings. The van der Waals surface area contributed by atoms with Crippen LogP contribution >= 0.6 is 11.3 Å². The molecule has 0 saturated carbocycles. The Hall–Kier alpha value is -2.02. The topological polar surface area (TPSA) is 83.6 Å². The van der Waals surface area contributed by atoms with E-state index in [4.69, 9.17) is 0 Å². The Morgan fingerprint density at radius 2 is 2.36 bits per heavy atom. The molecule has 0 aromatic carbocycles. The van der Waals surface area contributed by atoms with E-state index >= 15 is 0 Å². The quantitative estimate of drug-likeness (QED) is 0.802. The molecule has 2 heterocycles. The standard InChI is InChI=1S/C15H19N5OS/c21-13(16-7-6-11-4-2-1-3-5-11)8-12-9-22-15(19-12)14-17-10-18-20-14/h4,9-10H,1-3,5-8H2,(H,16,21)(H,17,18,20). The number of aromatic nitrogens is 4. The summed E-state index contributed by atoms with van der Waals surface area (Å²) in [6.45, 7) is 0.712. The molecule has 1 aliphatic carbocycles. The van der Waals surface area contributed by atoms with Gasteiger partial charge >= 0.3 is 0 Å². The molecule has 0 spiro atoms. The summed E-state index contributed by atoms with van der Waals surface area (Å²) < 4.78 is 0. The van der Waals surface area contributed by atoms with E-state index in [1.807, 2.05) is 5.38 Å². The first kappa shape index (κ1) is 14.9. The van der Waals surface area contributed by atoms with Crippen LogP contribution in [0.4, 0.5) is 0 Å². The fourth-order valence-electron chi connectivity index (χ4n) is 2.53. The third kappa shape index (κ3) is 4.00. The second-order valence-corrected chi connectivity index (χ2v) is 6.22. The maximum atomic E-state index is 11.9. The lowest BCUT2D eigenvalue weighted by Gasteiger charge is -2.12. The third-order valence-electron chi connectivity index (χ3n) is 3.66. The van der Waals surface area contributed by atoms with Crippen LogP contribution in [0.5, 0.6) is 0 Å². The molecule has 0 radical (unpaired) electrons. The normalized spacial score (nSPS) is 14.6. The van der Waals surface area contributed by atoms with E-state index in [1.54, 1.807) is 0 Å². The van der Waals surface area contributed by atoms with Crippen molar-refractivity contribution in [3.8, 4) is 10.8 Å². The fourth-order valence-corrected chi connectivity index (χ4v) is 3.29. The summed E-state index contributed by atoms with van der Waals surface area (Å²) in [5, 5.41) is 12.2. The molecule has 0 atom stereocenters. The first-order chi connectivity index (χ1) is 10.8. The Morgan fingerprint density at radius 3 is 3.14 bits per heavy atom. The second-order valence-electron chi connectivity index (χ2n) is 5.36. The number of H-pyrrole nitrogens is 1. The molecule has 2 aromatic rings. The van der Waals surface area contributed by atoms with Gasteiger partial charge in [-0.15, -0.1) is 11.3 Å². The summed E-state index contributed by atoms with van der Waals surface area (Å²) in [7, 11) is 0. The highest BCUT2D eigenvalue weighted by Crippen LogP contribution is 2.20. The maximum Gasteiger partial charge on any atom is 0.226 e. The van der Waals surface area contributed by atoms with Crippen LogP contribution in [0.1, 0.15) is 37.8 Å². The van der Waals surface area contributed by atoms with E-state index in [9.17, 15) is 4.79 Å². The van der Waals surface area contributed by atoms with E-state index in [2.05, 4.69) is 31.6 Å². The lowest BCUT2D eigenvalue weighted by Crippen LogP contribution is -2.26. The second kappa shape index (κ2) is 7.31. The van der Waals surface area contributed by atoms with Crippen molar-refractivity contribution in [3.05, 3.63) is 29.1 Å². The Balaban J connectivity index is 1.44. The maximum absolute atomic E-state index is 11.9. The van der Waals surface area contributed by atoms with Gasteiger partial charge < -0.3 is 5.32 Å². The SMILES string of the molecule is O=C(Cc1csc(-c2ncn[nH]2)n1)NCCC1=CCCCC1. The van der Waals surface area contributed by atoms with Gasteiger partial charge in [0.2, 0.25) is 5.91 Å². The van der Waals surface area contributed by atoms with Crippen LogP contribution in [0.2, 0.25) is 0 Å². The van der Waals surface area contributed by atoms with E-state index in [-0.39, 0.29) is 5.91 Å². The van der Waals surface area contributed by atoms with E-state index < -0.39 is 0 Å². The molecule has 0 bridgehead atoms. The summed E-state index contributed by atoms with van der Waals surface area (Å²) in [4.78, 5) is 20.4. The number of nitrogens with zero attached hydrogens (tertiary/aromatic N) is 3. The lowest BCUT2D eigenvalue weighted by atomic mass is 9.97. The minimum atomic E-state index is 0.0193.